The van der Waals surface area contributed by atoms with E-state index in [1.54, 1.807) is 0 Å². The molecule has 2 N–H and O–H groups in total. The summed E-state index contributed by atoms with van der Waals surface area (Å²) >= 11 is 0. The van der Waals surface area contributed by atoms with E-state index in [9.17, 15) is 26.3 Å². The van der Waals surface area contributed by atoms with Gasteiger partial charge in [-0.1, -0.05) is 6.07 Å². The highest BCUT2D eigenvalue weighted by molar-refractivity contribution is 5.73. The third-order valence-corrected chi connectivity index (χ3v) is 5.07. The number of likely N-dealkylation sites (tertiary alicyclic amines) is 1. The van der Waals surface area contributed by atoms with Crippen LogP contribution in [0.1, 0.15) is 11.3 Å². The van der Waals surface area contributed by atoms with E-state index in [1.807, 2.05) is 31.5 Å². The van der Waals surface area contributed by atoms with Gasteiger partial charge in [0.05, 0.1) is 24.4 Å². The van der Waals surface area contributed by atoms with Crippen LogP contribution >= 0.6 is 0 Å². The summed E-state index contributed by atoms with van der Waals surface area (Å²) in [5, 5.41) is 22.8. The molecule has 10 nitrogen and oxygen atoms in total. The number of rotatable bonds is 3. The van der Waals surface area contributed by atoms with E-state index in [-0.39, 0.29) is 6.10 Å². The van der Waals surface area contributed by atoms with Crippen LogP contribution in [-0.2, 0) is 20.9 Å². The van der Waals surface area contributed by atoms with E-state index in [4.69, 9.17) is 24.5 Å². The zero-order chi connectivity index (χ0) is 27.8. The van der Waals surface area contributed by atoms with E-state index < -0.39 is 24.3 Å². The zero-order valence-corrected chi connectivity index (χ0v) is 19.3. The van der Waals surface area contributed by atoms with Gasteiger partial charge < -0.3 is 19.8 Å². The summed E-state index contributed by atoms with van der Waals surface area (Å²) in [6, 6.07) is 8.55. The van der Waals surface area contributed by atoms with Crippen LogP contribution in [0.2, 0.25) is 0 Å². The van der Waals surface area contributed by atoms with E-state index in [2.05, 4.69) is 37.1 Å². The third-order valence-electron chi connectivity index (χ3n) is 5.07. The fourth-order valence-corrected chi connectivity index (χ4v) is 3.47. The fraction of sp³-hybridized carbons (Fsp3) is 0.476. The number of aliphatic carboxylic acids is 2. The van der Waals surface area contributed by atoms with Gasteiger partial charge in [0.1, 0.15) is 0 Å². The summed E-state index contributed by atoms with van der Waals surface area (Å²) in [7, 11) is 0. The van der Waals surface area contributed by atoms with Gasteiger partial charge in [0.25, 0.3) is 0 Å². The highest BCUT2D eigenvalue weighted by Gasteiger charge is 2.41. The van der Waals surface area contributed by atoms with Gasteiger partial charge in [0.15, 0.2) is 5.82 Å². The molecule has 2 aliphatic rings. The summed E-state index contributed by atoms with van der Waals surface area (Å²) < 4.78 is 69.5. The lowest BCUT2D eigenvalue weighted by Crippen LogP contribution is -2.51. The number of carbonyl (C=O) groups is 2. The topological polar surface area (TPSA) is 129 Å². The molecule has 2 aromatic rings. The average molecular weight is 539 g/mol. The first-order chi connectivity index (χ1) is 17.2. The van der Waals surface area contributed by atoms with Gasteiger partial charge in [-0.25, -0.2) is 9.59 Å². The fourth-order valence-electron chi connectivity index (χ4n) is 3.47. The highest BCUT2D eigenvalue weighted by atomic mass is 19.4. The van der Waals surface area contributed by atoms with Crippen molar-refractivity contribution in [3.8, 4) is 0 Å². The van der Waals surface area contributed by atoms with E-state index in [1.165, 1.54) is 5.56 Å². The summed E-state index contributed by atoms with van der Waals surface area (Å²) in [6.45, 7) is 6.43. The van der Waals surface area contributed by atoms with Crippen molar-refractivity contribution in [2.24, 2.45) is 0 Å². The Morgan fingerprint density at radius 2 is 1.65 bits per heavy atom. The molecule has 2 aliphatic heterocycles. The molecule has 4 rings (SSSR count). The van der Waals surface area contributed by atoms with Crippen LogP contribution in [0.3, 0.4) is 0 Å². The molecule has 0 aliphatic carbocycles. The minimum Gasteiger partial charge on any atom is -0.475 e. The summed E-state index contributed by atoms with van der Waals surface area (Å²) in [6.07, 6.45) is -6.18. The molecule has 204 valence electrons. The van der Waals surface area contributed by atoms with E-state index in [0.717, 1.165) is 44.3 Å². The minimum atomic E-state index is -5.08. The lowest BCUT2D eigenvalue weighted by atomic mass is 10.1. The average Bonchev–Trinajstić information content (AvgIpc) is 3.22. The SMILES string of the molecule is Cc1ccc(N2CCO[C@H]3CN(Cc4cccnc4)C[C@H]32)nn1.O=C(O)C(F)(F)F.O=C(O)C(F)(F)F. The molecule has 0 amide bonds. The van der Waals surface area contributed by atoms with Crippen LogP contribution in [-0.4, -0.2) is 93.0 Å². The minimum absolute atomic E-state index is 0.239. The lowest BCUT2D eigenvalue weighted by molar-refractivity contribution is -0.193. The molecule has 4 heterocycles. The van der Waals surface area contributed by atoms with Crippen LogP contribution in [0.5, 0.6) is 0 Å². The van der Waals surface area contributed by atoms with Gasteiger partial charge in [0.2, 0.25) is 0 Å². The maximum absolute atomic E-state index is 10.6. The first-order valence-corrected chi connectivity index (χ1v) is 10.6. The number of nitrogens with zero attached hydrogens (tertiary/aromatic N) is 5. The number of fused-ring (bicyclic) bond motifs is 1. The van der Waals surface area contributed by atoms with E-state index >= 15 is 0 Å². The quantitative estimate of drug-likeness (QED) is 0.562. The number of alkyl halides is 6. The lowest BCUT2D eigenvalue weighted by Gasteiger charge is -2.37. The van der Waals surface area contributed by atoms with Crippen molar-refractivity contribution in [2.45, 2.75) is 38.0 Å². The number of hydrogen-bond acceptors (Lipinski definition) is 8. The molecule has 0 spiro atoms. The van der Waals surface area contributed by atoms with Crippen molar-refractivity contribution in [1.82, 2.24) is 20.1 Å². The molecule has 0 radical (unpaired) electrons. The molecule has 0 saturated carbocycles. The van der Waals surface area contributed by atoms with Crippen molar-refractivity contribution < 1.29 is 50.9 Å². The van der Waals surface area contributed by atoms with Gasteiger partial charge in [-0.3, -0.25) is 9.88 Å². The zero-order valence-electron chi connectivity index (χ0n) is 19.3. The second-order valence-corrected chi connectivity index (χ2v) is 7.86. The Morgan fingerprint density at radius 1 is 1.03 bits per heavy atom. The number of morpholine rings is 1. The van der Waals surface area contributed by atoms with Gasteiger partial charge >= 0.3 is 24.3 Å². The molecule has 0 unspecified atom stereocenters. The maximum atomic E-state index is 10.6. The summed E-state index contributed by atoms with van der Waals surface area (Å²) in [4.78, 5) is 26.8. The smallest absolute Gasteiger partial charge is 0.475 e. The van der Waals surface area contributed by atoms with Gasteiger partial charge in [-0.2, -0.15) is 31.4 Å². The van der Waals surface area contributed by atoms with Gasteiger partial charge in [-0.15, -0.1) is 5.10 Å². The van der Waals surface area contributed by atoms with Crippen molar-refractivity contribution >= 4 is 17.8 Å². The van der Waals surface area contributed by atoms with Gasteiger partial charge in [0, 0.05) is 38.6 Å². The number of halogens is 6. The van der Waals surface area contributed by atoms with Crippen molar-refractivity contribution in [1.29, 1.82) is 0 Å². The molecule has 16 heteroatoms. The number of ether oxygens (including phenoxy) is 1. The molecule has 0 bridgehead atoms. The van der Waals surface area contributed by atoms with Crippen LogP contribution < -0.4 is 4.90 Å². The van der Waals surface area contributed by atoms with Crippen LogP contribution in [0, 0.1) is 6.92 Å². The maximum Gasteiger partial charge on any atom is 0.490 e. The predicted molar refractivity (Wildman–Crippen MR) is 115 cm³/mol. The van der Waals surface area contributed by atoms with Crippen molar-refractivity contribution in [3.05, 3.63) is 47.9 Å². The second kappa shape index (κ2) is 12.6. The Balaban J connectivity index is 0.000000286. The Morgan fingerprint density at radius 3 is 2.14 bits per heavy atom. The van der Waals surface area contributed by atoms with E-state index in [0.29, 0.717) is 6.04 Å². The Kier molecular flexibility index (Phi) is 10.1. The van der Waals surface area contributed by atoms with Crippen molar-refractivity contribution in [2.75, 3.05) is 31.1 Å². The summed E-state index contributed by atoms with van der Waals surface area (Å²) in [5.74, 6) is -4.56. The van der Waals surface area contributed by atoms with Crippen LogP contribution in [0.25, 0.3) is 0 Å². The standard InChI is InChI=1S/C17H21N5O.2C2HF3O2/c1-13-4-5-17(20-19-13)22-7-8-23-16-12-21(11-15(16)22)10-14-3-2-6-18-9-14;2*3-2(4,5)1(6)7/h2-6,9,15-16H,7-8,10-12H2,1H3;2*(H,6,7)/t15-,16+;;/m1../s1. The van der Waals surface area contributed by atoms with Crippen LogP contribution in [0.4, 0.5) is 32.2 Å². The number of anilines is 1. The normalized spacial score (nSPS) is 19.6. The number of aryl methyl sites for hydroxylation is 1. The Labute approximate surface area is 206 Å². The number of hydrogen-bond donors (Lipinski definition) is 2. The monoisotopic (exact) mass is 539 g/mol. The highest BCUT2D eigenvalue weighted by Crippen LogP contribution is 2.27. The molecular weight excluding hydrogens is 516 g/mol. The number of pyridine rings is 1. The largest absolute Gasteiger partial charge is 0.490 e. The molecular formula is C21H23F6N5O5. The summed E-state index contributed by atoms with van der Waals surface area (Å²) in [5.41, 5.74) is 2.19. The van der Waals surface area contributed by atoms with Crippen molar-refractivity contribution in [3.63, 3.8) is 0 Å². The number of carboxylic acids is 2. The molecule has 0 aromatic carbocycles. The predicted octanol–water partition coefficient (Wildman–Crippen LogP) is 2.54. The Hall–Kier alpha value is -3.53. The number of carboxylic acid groups (broad SMARTS) is 2. The van der Waals surface area contributed by atoms with Gasteiger partial charge in [-0.05, 0) is 30.7 Å². The molecule has 2 fully saturated rings. The Bertz CT molecular complexity index is 999. The molecule has 2 atom stereocenters. The first-order valence-electron chi connectivity index (χ1n) is 10.6. The third kappa shape index (κ3) is 9.45. The van der Waals surface area contributed by atoms with Crippen LogP contribution in [0.15, 0.2) is 36.7 Å². The first kappa shape index (κ1) is 29.7. The molecule has 2 aromatic heterocycles. The second-order valence-electron chi connectivity index (χ2n) is 7.86. The number of aromatic nitrogens is 3. The molecule has 37 heavy (non-hydrogen) atoms. The molecule has 2 saturated heterocycles.